The van der Waals surface area contributed by atoms with Gasteiger partial charge in [-0.3, -0.25) is 19.5 Å². The van der Waals surface area contributed by atoms with Crippen LogP contribution in [0.3, 0.4) is 0 Å². The number of hydrogen-bond acceptors (Lipinski definition) is 5. The molecule has 0 unspecified atom stereocenters. The lowest BCUT2D eigenvalue weighted by molar-refractivity contribution is -0.160. The van der Waals surface area contributed by atoms with Crippen molar-refractivity contribution in [2.75, 3.05) is 13.7 Å². The van der Waals surface area contributed by atoms with E-state index >= 15 is 0 Å². The molecule has 0 aliphatic carbocycles. The molecule has 4 N–H and O–H groups in total. The van der Waals surface area contributed by atoms with Crippen LogP contribution in [0.2, 0.25) is 0 Å². The van der Waals surface area contributed by atoms with Crippen molar-refractivity contribution in [1.29, 1.82) is 0 Å². The van der Waals surface area contributed by atoms with E-state index in [9.17, 15) is 14.4 Å². The van der Waals surface area contributed by atoms with E-state index in [0.717, 1.165) is 38.5 Å². The molecule has 0 fully saturated rings. The summed E-state index contributed by atoms with van der Waals surface area (Å²) in [5.41, 5.74) is 10.9. The summed E-state index contributed by atoms with van der Waals surface area (Å²) in [6, 6.07) is -0.947. The highest BCUT2D eigenvalue weighted by molar-refractivity contribution is 5.99. The van der Waals surface area contributed by atoms with Crippen molar-refractivity contribution in [3.8, 4) is 0 Å². The number of carbonyl (C=O) groups is 3. The fraction of sp³-hybridized carbons (Fsp3) is 0.902. The zero-order valence-corrected chi connectivity index (χ0v) is 32.6. The maximum atomic E-state index is 13.5. The third-order valence-corrected chi connectivity index (χ3v) is 9.74. The average molecular weight is 693 g/mol. The first-order valence-electron chi connectivity index (χ1n) is 20.9. The standard InChI is InChI=1S/C41H80N4O4/c1-4-6-8-10-12-14-16-18-19-21-23-25-27-29-31-35-39(47)45(37(40(48)49-3)33-32-36-44-41(42)43)38(46)34-30-28-26-24-22-20-17-15-13-11-9-7-5-2/h37H,4-36H2,1-3H3,(H4,42,43,44)/t37-/m0/s1. The highest BCUT2D eigenvalue weighted by Gasteiger charge is 2.34. The number of esters is 1. The molecule has 0 radical (unpaired) electrons. The molecule has 0 aliphatic rings. The van der Waals surface area contributed by atoms with E-state index in [1.54, 1.807) is 0 Å². The lowest BCUT2D eigenvalue weighted by atomic mass is 10.0. The summed E-state index contributed by atoms with van der Waals surface area (Å²) >= 11 is 0. The minimum atomic E-state index is -0.947. The van der Waals surface area contributed by atoms with E-state index < -0.39 is 12.0 Å². The molecule has 288 valence electrons. The lowest BCUT2D eigenvalue weighted by Gasteiger charge is -2.28. The molecule has 0 heterocycles. The van der Waals surface area contributed by atoms with Crippen molar-refractivity contribution >= 4 is 23.7 Å². The minimum absolute atomic E-state index is 0.0193. The number of methoxy groups -OCH3 is 1. The Hall–Kier alpha value is -2.12. The summed E-state index contributed by atoms with van der Waals surface area (Å²) in [4.78, 5) is 45.0. The molecule has 0 saturated heterocycles. The molecule has 8 nitrogen and oxygen atoms in total. The Balaban J connectivity index is 4.59. The van der Waals surface area contributed by atoms with Crippen molar-refractivity contribution in [2.24, 2.45) is 16.5 Å². The first kappa shape index (κ1) is 46.9. The number of imide groups is 1. The second kappa shape index (κ2) is 35.7. The number of nitrogens with zero attached hydrogens (tertiary/aromatic N) is 2. The molecule has 0 aromatic heterocycles. The van der Waals surface area contributed by atoms with Gasteiger partial charge in [-0.15, -0.1) is 0 Å². The second-order valence-electron chi connectivity index (χ2n) is 14.3. The van der Waals surface area contributed by atoms with Gasteiger partial charge >= 0.3 is 5.97 Å². The van der Waals surface area contributed by atoms with Crippen LogP contribution in [0.25, 0.3) is 0 Å². The third-order valence-electron chi connectivity index (χ3n) is 9.74. The molecule has 0 saturated carbocycles. The Morgan fingerprint density at radius 3 is 1.10 bits per heavy atom. The Morgan fingerprint density at radius 1 is 0.510 bits per heavy atom. The lowest BCUT2D eigenvalue weighted by Crippen LogP contribution is -2.49. The summed E-state index contributed by atoms with van der Waals surface area (Å²) in [6.07, 6.45) is 35.9. The van der Waals surface area contributed by atoms with Crippen molar-refractivity contribution in [3.05, 3.63) is 0 Å². The Morgan fingerprint density at radius 2 is 0.816 bits per heavy atom. The van der Waals surface area contributed by atoms with Crippen molar-refractivity contribution in [2.45, 2.75) is 225 Å². The summed E-state index contributed by atoms with van der Waals surface area (Å²) in [7, 11) is 1.31. The third kappa shape index (κ3) is 29.3. The molecule has 8 heteroatoms. The largest absolute Gasteiger partial charge is 0.467 e. The Kier molecular flexibility index (Phi) is 34.2. The van der Waals surface area contributed by atoms with E-state index in [2.05, 4.69) is 18.8 Å². The predicted molar refractivity (Wildman–Crippen MR) is 207 cm³/mol. The van der Waals surface area contributed by atoms with Gasteiger partial charge in [0.15, 0.2) is 5.96 Å². The molecule has 0 aromatic carbocycles. The van der Waals surface area contributed by atoms with Gasteiger partial charge in [0.05, 0.1) is 7.11 Å². The van der Waals surface area contributed by atoms with Gasteiger partial charge in [0.2, 0.25) is 11.8 Å². The number of unbranched alkanes of at least 4 members (excludes halogenated alkanes) is 26. The van der Waals surface area contributed by atoms with Crippen LogP contribution in [0, 0.1) is 0 Å². The predicted octanol–water partition coefficient (Wildman–Crippen LogP) is 10.7. The molecule has 2 amide bonds. The zero-order valence-electron chi connectivity index (χ0n) is 32.6. The van der Waals surface area contributed by atoms with E-state index in [1.165, 1.54) is 153 Å². The number of carbonyl (C=O) groups excluding carboxylic acids is 3. The normalized spacial score (nSPS) is 11.7. The highest BCUT2D eigenvalue weighted by atomic mass is 16.5. The number of guanidine groups is 1. The molecule has 0 bridgehead atoms. The van der Waals surface area contributed by atoms with Crippen LogP contribution >= 0.6 is 0 Å². The summed E-state index contributed by atoms with van der Waals surface area (Å²) in [5.74, 6) is -1.12. The van der Waals surface area contributed by atoms with Crippen molar-refractivity contribution < 1.29 is 19.1 Å². The number of nitrogens with two attached hydrogens (primary N) is 2. The van der Waals surface area contributed by atoms with Gasteiger partial charge in [-0.2, -0.15) is 0 Å². The van der Waals surface area contributed by atoms with Crippen molar-refractivity contribution in [3.63, 3.8) is 0 Å². The maximum absolute atomic E-state index is 13.5. The van der Waals surface area contributed by atoms with E-state index in [-0.39, 0.29) is 37.0 Å². The quantitative estimate of drug-likeness (QED) is 0.0291. The van der Waals surface area contributed by atoms with Crippen molar-refractivity contribution in [1.82, 2.24) is 4.90 Å². The van der Waals surface area contributed by atoms with E-state index in [4.69, 9.17) is 16.2 Å². The van der Waals surface area contributed by atoms with E-state index in [0.29, 0.717) is 13.0 Å². The monoisotopic (exact) mass is 693 g/mol. The number of hydrogen-bond donors (Lipinski definition) is 2. The van der Waals surface area contributed by atoms with Crippen LogP contribution in [0.5, 0.6) is 0 Å². The topological polar surface area (TPSA) is 128 Å². The number of rotatable bonds is 36. The van der Waals surface area contributed by atoms with Crippen LogP contribution < -0.4 is 11.5 Å². The molecule has 0 rings (SSSR count). The van der Waals surface area contributed by atoms with Crippen LogP contribution in [-0.2, 0) is 19.1 Å². The van der Waals surface area contributed by atoms with Gasteiger partial charge in [0.25, 0.3) is 0 Å². The fourth-order valence-corrected chi connectivity index (χ4v) is 6.65. The van der Waals surface area contributed by atoms with Gasteiger partial charge in [-0.05, 0) is 25.7 Å². The molecule has 0 aliphatic heterocycles. The molecule has 1 atom stereocenters. The van der Waals surface area contributed by atoms with Crippen LogP contribution in [0.15, 0.2) is 4.99 Å². The minimum Gasteiger partial charge on any atom is -0.467 e. The van der Waals surface area contributed by atoms with Crippen LogP contribution in [0.1, 0.15) is 219 Å². The average Bonchev–Trinajstić information content (AvgIpc) is 3.09. The molecule has 49 heavy (non-hydrogen) atoms. The molecular weight excluding hydrogens is 612 g/mol. The first-order chi connectivity index (χ1) is 23.9. The molecule has 0 spiro atoms. The van der Waals surface area contributed by atoms with Gasteiger partial charge < -0.3 is 16.2 Å². The molecule has 0 aromatic rings. The molecular formula is C41H80N4O4. The van der Waals surface area contributed by atoms with Gasteiger partial charge in [-0.25, -0.2) is 4.79 Å². The van der Waals surface area contributed by atoms with Gasteiger partial charge in [0.1, 0.15) is 6.04 Å². The van der Waals surface area contributed by atoms with E-state index in [1.807, 2.05) is 0 Å². The van der Waals surface area contributed by atoms with Crippen LogP contribution in [-0.4, -0.2) is 48.3 Å². The maximum Gasteiger partial charge on any atom is 0.329 e. The first-order valence-corrected chi connectivity index (χ1v) is 20.9. The van der Waals surface area contributed by atoms with Gasteiger partial charge in [-0.1, -0.05) is 181 Å². The zero-order chi connectivity index (χ0) is 36.2. The van der Waals surface area contributed by atoms with Gasteiger partial charge in [0, 0.05) is 19.4 Å². The summed E-state index contributed by atoms with van der Waals surface area (Å²) in [6.45, 7) is 4.84. The Bertz CT molecular complexity index is 815. The Labute approximate surface area is 302 Å². The number of ether oxygens (including phenoxy) is 1. The number of aliphatic imine (C=N–C) groups is 1. The smallest absolute Gasteiger partial charge is 0.329 e. The van der Waals surface area contributed by atoms with Crippen LogP contribution in [0.4, 0.5) is 0 Å². The highest BCUT2D eigenvalue weighted by Crippen LogP contribution is 2.19. The summed E-state index contributed by atoms with van der Waals surface area (Å²) < 4.78 is 5.05. The SMILES string of the molecule is CCCCCCCCCCCCCCCCCC(=O)N(C(=O)CCCCCCCCCCCCCCC)[C@@H](CCCN=C(N)N)C(=O)OC. The summed E-state index contributed by atoms with van der Waals surface area (Å²) in [5, 5.41) is 0. The number of amides is 2. The fourth-order valence-electron chi connectivity index (χ4n) is 6.65. The second-order valence-corrected chi connectivity index (χ2v) is 14.3.